The Labute approximate surface area is 187 Å². The molecule has 0 N–H and O–H groups in total. The van der Waals surface area contributed by atoms with E-state index in [1.165, 1.54) is 30.6 Å². The zero-order valence-electron chi connectivity index (χ0n) is 17.4. The molecule has 1 fully saturated rings. The summed E-state index contributed by atoms with van der Waals surface area (Å²) in [6.45, 7) is 0.637. The summed E-state index contributed by atoms with van der Waals surface area (Å²) in [5.74, 6) is -0.506. The van der Waals surface area contributed by atoms with Crippen LogP contribution in [0, 0.1) is 5.82 Å². The highest BCUT2D eigenvalue weighted by molar-refractivity contribution is 6.00. The number of nitrogens with zero attached hydrogens (tertiary/aromatic N) is 4. The summed E-state index contributed by atoms with van der Waals surface area (Å²) in [5, 5.41) is 0. The van der Waals surface area contributed by atoms with Gasteiger partial charge in [0.05, 0.1) is 17.7 Å². The van der Waals surface area contributed by atoms with Crippen molar-refractivity contribution >= 4 is 11.8 Å². The molecule has 1 atom stereocenters. The minimum Gasteiger partial charge on any atom is -0.475 e. The number of benzene rings is 1. The van der Waals surface area contributed by atoms with Crippen LogP contribution in [0.4, 0.5) is 17.6 Å². The van der Waals surface area contributed by atoms with Gasteiger partial charge in [-0.25, -0.2) is 19.4 Å². The number of hydrogen-bond donors (Lipinski definition) is 0. The Bertz CT molecular complexity index is 1110. The number of aliphatic imine (C=N–C) groups is 1. The van der Waals surface area contributed by atoms with E-state index in [0.29, 0.717) is 30.8 Å². The average molecular weight is 460 g/mol. The third kappa shape index (κ3) is 5.44. The van der Waals surface area contributed by atoms with Crippen molar-refractivity contribution < 1.29 is 27.1 Å². The normalized spacial score (nSPS) is 18.9. The summed E-state index contributed by atoms with van der Waals surface area (Å²) < 4.78 is 58.5. The zero-order valence-corrected chi connectivity index (χ0v) is 17.4. The summed E-state index contributed by atoms with van der Waals surface area (Å²) in [5.41, 5.74) is -0.314. The summed E-state index contributed by atoms with van der Waals surface area (Å²) in [6.07, 6.45) is 2.52. The van der Waals surface area contributed by atoms with E-state index < -0.39 is 29.6 Å². The lowest BCUT2D eigenvalue weighted by Gasteiger charge is -2.33. The van der Waals surface area contributed by atoms with Gasteiger partial charge in [0.1, 0.15) is 11.9 Å². The predicted molar refractivity (Wildman–Crippen MR) is 113 cm³/mol. The summed E-state index contributed by atoms with van der Waals surface area (Å²) in [6, 6.07) is 5.50. The van der Waals surface area contributed by atoms with Gasteiger partial charge in [-0.1, -0.05) is 12.2 Å². The van der Waals surface area contributed by atoms with Gasteiger partial charge in [0, 0.05) is 37.1 Å². The molecule has 3 heterocycles. The summed E-state index contributed by atoms with van der Waals surface area (Å²) >= 11 is 0. The van der Waals surface area contributed by atoms with Crippen molar-refractivity contribution in [3.8, 4) is 11.4 Å². The van der Waals surface area contributed by atoms with Gasteiger partial charge in [-0.3, -0.25) is 4.79 Å². The number of carbonyl (C=O) groups excluding carboxylic acids is 1. The molecule has 2 aliphatic rings. The molecule has 0 aliphatic carbocycles. The maximum atomic E-state index is 14.0. The summed E-state index contributed by atoms with van der Waals surface area (Å²) in [7, 11) is 0. The molecular formula is C23H20F4N4O2. The first-order valence-corrected chi connectivity index (χ1v) is 10.3. The topological polar surface area (TPSA) is 67.7 Å². The van der Waals surface area contributed by atoms with Gasteiger partial charge in [-0.15, -0.1) is 0 Å². The van der Waals surface area contributed by atoms with E-state index >= 15 is 0 Å². The number of alkyl halides is 3. The Morgan fingerprint density at radius 2 is 1.97 bits per heavy atom. The van der Waals surface area contributed by atoms with Crippen LogP contribution in [0.1, 0.15) is 29.6 Å². The molecule has 0 radical (unpaired) electrons. The number of carbonyl (C=O) groups is 1. The molecule has 6 nitrogen and oxygen atoms in total. The molecule has 10 heteroatoms. The van der Waals surface area contributed by atoms with Gasteiger partial charge < -0.3 is 9.64 Å². The number of likely N-dealkylation sites (tertiary alicyclic amines) is 1. The predicted octanol–water partition coefficient (Wildman–Crippen LogP) is 4.71. The Hall–Kier alpha value is -3.56. The highest BCUT2D eigenvalue weighted by atomic mass is 19.4. The van der Waals surface area contributed by atoms with Crippen LogP contribution in [-0.2, 0) is 4.74 Å². The molecule has 1 aromatic heterocycles. The van der Waals surface area contributed by atoms with E-state index in [4.69, 9.17) is 4.74 Å². The Morgan fingerprint density at radius 1 is 1.18 bits per heavy atom. The van der Waals surface area contributed by atoms with Gasteiger partial charge in [0.15, 0.2) is 11.7 Å². The largest absolute Gasteiger partial charge is 0.475 e. The molecule has 0 spiro atoms. The zero-order chi connectivity index (χ0) is 23.4. The molecule has 4 rings (SSSR count). The van der Waals surface area contributed by atoms with Crippen LogP contribution in [0.25, 0.3) is 11.4 Å². The fourth-order valence-electron chi connectivity index (χ4n) is 3.68. The van der Waals surface area contributed by atoms with Gasteiger partial charge >= 0.3 is 6.18 Å². The second kappa shape index (κ2) is 9.51. The first kappa shape index (κ1) is 22.6. The highest BCUT2D eigenvalue weighted by Gasteiger charge is 2.33. The smallest absolute Gasteiger partial charge is 0.417 e. The number of amides is 1. The van der Waals surface area contributed by atoms with Crippen molar-refractivity contribution in [1.82, 2.24) is 14.9 Å². The highest BCUT2D eigenvalue weighted by Crippen LogP contribution is 2.28. The molecule has 33 heavy (non-hydrogen) atoms. The minimum absolute atomic E-state index is 0.111. The molecule has 172 valence electrons. The number of aromatic nitrogens is 2. The SMILES string of the molecule is O=C(c1cc(F)ccc1-c1ncccn1)N1CCCC(OC2=NC=C(C(F)(F)F)C=CC2)C1. The van der Waals surface area contributed by atoms with E-state index in [9.17, 15) is 22.4 Å². The molecule has 2 aromatic rings. The Kier molecular flexibility index (Phi) is 6.52. The number of ether oxygens (including phenoxy) is 1. The molecule has 1 unspecified atom stereocenters. The molecule has 1 saturated heterocycles. The lowest BCUT2D eigenvalue weighted by molar-refractivity contribution is -0.0883. The summed E-state index contributed by atoms with van der Waals surface area (Å²) in [4.78, 5) is 27.0. The van der Waals surface area contributed by atoms with E-state index in [1.807, 2.05) is 0 Å². The number of rotatable bonds is 3. The lowest BCUT2D eigenvalue weighted by Crippen LogP contribution is -2.44. The van der Waals surface area contributed by atoms with Crippen LogP contribution in [0.3, 0.4) is 0 Å². The average Bonchev–Trinajstić information content (AvgIpc) is 3.05. The monoisotopic (exact) mass is 460 g/mol. The molecule has 1 amide bonds. The standard InChI is InChI=1S/C23H20F4N4O2/c24-16-7-8-18(21-28-9-3-10-29-21)19(12-16)22(32)31-11-2-5-17(14-31)33-20-6-1-4-15(13-30-20)23(25,26)27/h1,3-4,7-10,12-13,17H,2,5-6,11,14H2. The van der Waals surface area contributed by atoms with Crippen LogP contribution in [0.5, 0.6) is 0 Å². The number of allylic oxidation sites excluding steroid dienone is 2. The van der Waals surface area contributed by atoms with Crippen molar-refractivity contribution in [3.05, 3.63) is 72.0 Å². The van der Waals surface area contributed by atoms with E-state index in [1.54, 1.807) is 11.0 Å². The fraction of sp³-hybridized carbons (Fsp3) is 0.304. The van der Waals surface area contributed by atoms with Crippen LogP contribution >= 0.6 is 0 Å². The third-order valence-corrected chi connectivity index (χ3v) is 5.25. The van der Waals surface area contributed by atoms with Crippen molar-refractivity contribution in [2.45, 2.75) is 31.5 Å². The second-order valence-electron chi connectivity index (χ2n) is 7.61. The van der Waals surface area contributed by atoms with Gasteiger partial charge in [-0.2, -0.15) is 13.2 Å². The Balaban J connectivity index is 1.50. The lowest BCUT2D eigenvalue weighted by atomic mass is 10.0. The molecule has 1 aromatic carbocycles. The van der Waals surface area contributed by atoms with Crippen molar-refractivity contribution in [2.75, 3.05) is 13.1 Å². The van der Waals surface area contributed by atoms with Crippen molar-refractivity contribution in [1.29, 1.82) is 0 Å². The Morgan fingerprint density at radius 3 is 2.73 bits per heavy atom. The first-order chi connectivity index (χ1) is 15.8. The minimum atomic E-state index is -4.49. The van der Waals surface area contributed by atoms with E-state index in [2.05, 4.69) is 15.0 Å². The maximum Gasteiger partial charge on any atom is 0.417 e. The fourth-order valence-corrected chi connectivity index (χ4v) is 3.68. The maximum absolute atomic E-state index is 14.0. The molecule has 2 aliphatic heterocycles. The third-order valence-electron chi connectivity index (χ3n) is 5.25. The van der Waals surface area contributed by atoms with Gasteiger partial charge in [-0.05, 0) is 37.1 Å². The van der Waals surface area contributed by atoms with Crippen molar-refractivity contribution in [3.63, 3.8) is 0 Å². The van der Waals surface area contributed by atoms with Gasteiger partial charge in [0.25, 0.3) is 5.91 Å². The number of piperidine rings is 1. The van der Waals surface area contributed by atoms with Crippen LogP contribution in [0.2, 0.25) is 0 Å². The van der Waals surface area contributed by atoms with Gasteiger partial charge in [0.2, 0.25) is 0 Å². The van der Waals surface area contributed by atoms with E-state index in [0.717, 1.165) is 18.3 Å². The number of hydrogen-bond acceptors (Lipinski definition) is 5. The molecule has 0 bridgehead atoms. The van der Waals surface area contributed by atoms with E-state index in [-0.39, 0.29) is 24.4 Å². The van der Waals surface area contributed by atoms with Crippen LogP contribution < -0.4 is 0 Å². The number of halogens is 4. The van der Waals surface area contributed by atoms with Crippen molar-refractivity contribution in [2.24, 2.45) is 4.99 Å². The quantitative estimate of drug-likeness (QED) is 0.623. The van der Waals surface area contributed by atoms with Crippen LogP contribution in [0.15, 0.2) is 65.6 Å². The molecular weight excluding hydrogens is 440 g/mol. The first-order valence-electron chi connectivity index (χ1n) is 10.3. The molecule has 0 saturated carbocycles. The second-order valence-corrected chi connectivity index (χ2v) is 7.61. The van der Waals surface area contributed by atoms with Crippen LogP contribution in [-0.4, -0.2) is 52.0 Å².